The van der Waals surface area contributed by atoms with Gasteiger partial charge in [-0.1, -0.05) is 212 Å². The van der Waals surface area contributed by atoms with Gasteiger partial charge in [0.25, 0.3) is 0 Å². The number of aliphatic imine (C=N–C) groups is 1. The second-order valence-electron chi connectivity index (χ2n) is 28.4. The van der Waals surface area contributed by atoms with E-state index in [1.54, 1.807) is 24.8 Å². The van der Waals surface area contributed by atoms with Gasteiger partial charge in [0.15, 0.2) is 0 Å². The summed E-state index contributed by atoms with van der Waals surface area (Å²) in [5.41, 5.74) is 30.2. The fraction of sp³-hybridized carbons (Fsp3) is 0.0696. The van der Waals surface area contributed by atoms with E-state index >= 15 is 0 Å². The van der Waals surface area contributed by atoms with Gasteiger partial charge in [0.05, 0.1) is 0 Å². The first-order valence-electron chi connectivity index (χ1n) is 41.2. The fourth-order valence-corrected chi connectivity index (χ4v) is 13.3. The molecule has 1 aliphatic heterocycles. The molecular weight excluding hydrogens is 2260 g/mol. The molecule has 0 saturated heterocycles. The van der Waals surface area contributed by atoms with Crippen LogP contribution in [0.3, 0.4) is 0 Å². The summed E-state index contributed by atoms with van der Waals surface area (Å²) in [6.45, 7) is 6.23. The number of aryl methyl sites for hydroxylation is 3. The van der Waals surface area contributed by atoms with E-state index in [-0.39, 0.29) is 80.4 Å². The van der Waals surface area contributed by atoms with Gasteiger partial charge in [-0.25, -0.2) is 0 Å². The Kier molecular flexibility index (Phi) is 42.2. The third-order valence-electron chi connectivity index (χ3n) is 19.7. The molecule has 0 N–H and O–H groups in total. The molecule has 636 valence electrons. The molecule has 2 aliphatic carbocycles. The summed E-state index contributed by atoms with van der Waals surface area (Å²) >= 11 is 0. The Morgan fingerprint density at radius 1 is 0.283 bits per heavy atom. The molecule has 17 aromatic rings. The van der Waals surface area contributed by atoms with Crippen LogP contribution in [0, 0.1) is 69.7 Å². The molecule has 10 aromatic carbocycles. The van der Waals surface area contributed by atoms with Crippen LogP contribution in [0.15, 0.2) is 459 Å². The number of hydrogen-bond acceptors (Lipinski definition) is 8. The van der Waals surface area contributed by atoms with Crippen molar-refractivity contribution in [3.05, 3.63) is 520 Å². The average Bonchev–Trinajstić information content (AvgIpc) is 0.803. The summed E-state index contributed by atoms with van der Waals surface area (Å²) in [7, 11) is 0. The Balaban J connectivity index is 0.000000164. The van der Waals surface area contributed by atoms with Crippen LogP contribution in [-0.2, 0) is 80.4 Å². The van der Waals surface area contributed by atoms with E-state index in [0.29, 0.717) is 0 Å². The largest absolute Gasteiger partial charge is 0.324 e. The average molecular weight is 2350 g/mol. The molecule has 0 unspecified atom stereocenters. The quantitative estimate of drug-likeness (QED) is 0.112. The molecular formula is C115H92Ir4N8-8. The molecule has 8 heterocycles. The van der Waals surface area contributed by atoms with E-state index in [4.69, 9.17) is 0 Å². The van der Waals surface area contributed by atoms with Crippen LogP contribution < -0.4 is 0 Å². The number of rotatable bonds is 12. The van der Waals surface area contributed by atoms with Crippen molar-refractivity contribution in [2.75, 3.05) is 0 Å². The Hall–Kier alpha value is -12.9. The normalized spacial score (nSPS) is 11.5. The molecule has 127 heavy (non-hydrogen) atoms. The van der Waals surface area contributed by atoms with E-state index in [9.17, 15) is 0 Å². The maximum atomic E-state index is 4.67. The molecule has 0 saturated carbocycles. The van der Waals surface area contributed by atoms with Crippen LogP contribution >= 0.6 is 0 Å². The van der Waals surface area contributed by atoms with E-state index in [1.807, 2.05) is 292 Å². The van der Waals surface area contributed by atoms with Crippen LogP contribution in [0.1, 0.15) is 48.9 Å². The van der Waals surface area contributed by atoms with Crippen molar-refractivity contribution in [2.24, 2.45) is 4.99 Å². The Bertz CT molecular complexity index is 5660. The van der Waals surface area contributed by atoms with Gasteiger partial charge in [0.1, 0.15) is 0 Å². The molecule has 20 rings (SSSR count). The Morgan fingerprint density at radius 3 is 1.01 bits per heavy atom. The number of benzene rings is 10. The number of aromatic nitrogens is 7. The smallest absolute Gasteiger partial charge is 0.0266 e. The van der Waals surface area contributed by atoms with Crippen molar-refractivity contribution in [1.29, 1.82) is 0 Å². The van der Waals surface area contributed by atoms with Gasteiger partial charge in [-0.15, -0.1) is 257 Å². The van der Waals surface area contributed by atoms with Crippen molar-refractivity contribution in [1.82, 2.24) is 34.9 Å². The standard InChI is InChI=1S/2C18H14N.C17H18N.C17H12N.C12H10N.3C11H8N.4Ir/c2*1-14-7-5-6-10-17(14)16-11-12-18(19-13-16)15-8-3-2-4-9-15;1-3-7-14(8-4-1)16-11-12-17(18-13-16)15-9-5-2-6-10-15;1-2-6-14(7-3-1)15-9-11-16(12-10-15)17-8-4-5-13-18-17;1-10-6-5-9-12(13-10)11-7-3-2-4-8-11;3*1-2-6-10(7-3-1)11-8-4-5-9-12-11;;;;/h2*2-8,10-13H,1H3;1-3,5,7,9-10,13H,4,6,8,11-12H2;1-11,13H;2-7,9H,1H3;3*1-6,8-9H;;;;/q8*-1;;;;. The molecule has 0 bridgehead atoms. The maximum Gasteiger partial charge on any atom is 0.0266 e. The summed E-state index contributed by atoms with van der Waals surface area (Å²) in [6, 6.07) is 140. The first-order valence-corrected chi connectivity index (χ1v) is 41.2. The van der Waals surface area contributed by atoms with E-state index in [2.05, 4.69) is 230 Å². The van der Waals surface area contributed by atoms with Crippen molar-refractivity contribution in [3.63, 3.8) is 0 Å². The molecule has 7 aromatic heterocycles. The van der Waals surface area contributed by atoms with Gasteiger partial charge < -0.3 is 39.9 Å². The minimum atomic E-state index is 0. The molecule has 0 atom stereocenters. The maximum absolute atomic E-state index is 4.67. The summed E-state index contributed by atoms with van der Waals surface area (Å²) in [4.78, 5) is 35.1. The van der Waals surface area contributed by atoms with E-state index < -0.39 is 0 Å². The second-order valence-corrected chi connectivity index (χ2v) is 28.4. The van der Waals surface area contributed by atoms with E-state index in [0.717, 1.165) is 115 Å². The predicted octanol–water partition coefficient (Wildman–Crippen LogP) is 28.2. The van der Waals surface area contributed by atoms with Crippen molar-refractivity contribution in [3.8, 4) is 112 Å². The third kappa shape index (κ3) is 31.3. The van der Waals surface area contributed by atoms with Crippen LogP contribution in [0.5, 0.6) is 0 Å². The number of hydrogen-bond donors (Lipinski definition) is 0. The van der Waals surface area contributed by atoms with Crippen LogP contribution in [0.4, 0.5) is 0 Å². The fourth-order valence-electron chi connectivity index (χ4n) is 13.3. The number of nitrogens with zero attached hydrogens (tertiary/aromatic N) is 8. The summed E-state index contributed by atoms with van der Waals surface area (Å²) < 4.78 is 0. The number of allylic oxidation sites excluding steroid dienone is 9. The Labute approximate surface area is 804 Å². The van der Waals surface area contributed by atoms with Gasteiger partial charge >= 0.3 is 0 Å². The zero-order valence-corrected chi connectivity index (χ0v) is 80.2. The number of pyridine rings is 7. The first-order chi connectivity index (χ1) is 60.8. The third-order valence-corrected chi connectivity index (χ3v) is 19.7. The van der Waals surface area contributed by atoms with Gasteiger partial charge in [-0.05, 0) is 155 Å². The van der Waals surface area contributed by atoms with Crippen LogP contribution in [0.25, 0.3) is 112 Å². The van der Waals surface area contributed by atoms with Crippen LogP contribution in [-0.4, -0.2) is 40.6 Å². The van der Waals surface area contributed by atoms with Crippen molar-refractivity contribution in [2.45, 2.75) is 52.9 Å². The van der Waals surface area contributed by atoms with Crippen molar-refractivity contribution >= 4 is 5.71 Å². The van der Waals surface area contributed by atoms with Gasteiger partial charge in [0.2, 0.25) is 0 Å². The minimum absolute atomic E-state index is 0. The van der Waals surface area contributed by atoms with E-state index in [1.165, 1.54) is 68.7 Å². The molecule has 4 radical (unpaired) electrons. The van der Waals surface area contributed by atoms with Crippen LogP contribution in [0.2, 0.25) is 0 Å². The zero-order valence-electron chi connectivity index (χ0n) is 70.6. The minimum Gasteiger partial charge on any atom is -0.324 e. The molecule has 12 heteroatoms. The summed E-state index contributed by atoms with van der Waals surface area (Å²) in [6.07, 6.45) is 34.1. The van der Waals surface area contributed by atoms with Crippen molar-refractivity contribution < 1.29 is 80.4 Å². The van der Waals surface area contributed by atoms with Gasteiger partial charge in [0, 0.05) is 129 Å². The molecule has 8 nitrogen and oxygen atoms in total. The predicted molar refractivity (Wildman–Crippen MR) is 507 cm³/mol. The molecule has 0 spiro atoms. The second kappa shape index (κ2) is 54.8. The SMILES string of the molecule is C1=CC[CH-]C(C2=NC=C(C3=CC=CCC3)CC2)=C1.Cc1cccc(-c2[c-]cccc2)n1.Cc1ccccc1-c1ccc(-c2[c-]cccc2)nc1.Cc1ccccc1-c1ccc(-c2[c-]cccc2)nc1.[Ir].[Ir].[Ir].[Ir].[c-]1cc(-c2ccccc2)ccc1-c1ccccn1.[c-]1ccccc1-c1ccccn1.[c-]1ccccc1-c1ccccn1.[c-]1ccccc1-c1ccccn1. The summed E-state index contributed by atoms with van der Waals surface area (Å²) in [5, 5.41) is 0. The van der Waals surface area contributed by atoms with Gasteiger partial charge in [-0.3, -0.25) is 0 Å². The van der Waals surface area contributed by atoms with Gasteiger partial charge in [-0.2, -0.15) is 18.1 Å². The summed E-state index contributed by atoms with van der Waals surface area (Å²) in [5.74, 6) is 0. The zero-order chi connectivity index (χ0) is 84.3. The molecule has 3 aliphatic rings. The topological polar surface area (TPSA) is 103 Å². The molecule has 0 amide bonds. The molecule has 0 fully saturated rings. The monoisotopic (exact) mass is 2360 g/mol. The first kappa shape index (κ1) is 97.9. The Morgan fingerprint density at radius 2 is 0.669 bits per heavy atom.